The molecule has 34 heavy (non-hydrogen) atoms. The standard InChI is InChI=1S/C23H31N3O6S2/c1-2-14-25-33(28,29)21-12-8-20(9-13-21)32-18-23(27)24-17-19-6-10-22(11-7-19)34(30,31)26-15-4-3-5-16-26/h6-13,25H,2-5,14-18H2,1H3,(H,24,27). The molecule has 1 saturated heterocycles. The van der Waals surface area contributed by atoms with Crippen LogP contribution in [0.5, 0.6) is 5.75 Å². The third-order valence-electron chi connectivity index (χ3n) is 5.41. The fourth-order valence-electron chi connectivity index (χ4n) is 3.47. The number of nitrogens with zero attached hydrogens (tertiary/aromatic N) is 1. The summed E-state index contributed by atoms with van der Waals surface area (Å²) in [6.45, 7) is 3.33. The van der Waals surface area contributed by atoms with Crippen molar-refractivity contribution in [3.05, 3.63) is 54.1 Å². The number of hydrogen-bond acceptors (Lipinski definition) is 6. The number of hydrogen-bond donors (Lipinski definition) is 2. The highest BCUT2D eigenvalue weighted by Crippen LogP contribution is 2.21. The van der Waals surface area contributed by atoms with Crippen molar-refractivity contribution < 1.29 is 26.4 Å². The molecule has 1 aliphatic rings. The highest BCUT2D eigenvalue weighted by Gasteiger charge is 2.25. The third-order valence-corrected chi connectivity index (χ3v) is 8.80. The Bertz CT molecular complexity index is 1160. The molecule has 0 unspecified atom stereocenters. The van der Waals surface area contributed by atoms with Gasteiger partial charge in [-0.1, -0.05) is 25.5 Å². The van der Waals surface area contributed by atoms with E-state index in [0.29, 0.717) is 31.8 Å². The van der Waals surface area contributed by atoms with Crippen LogP contribution in [-0.4, -0.2) is 53.3 Å². The van der Waals surface area contributed by atoms with Crippen LogP contribution in [0.15, 0.2) is 58.3 Å². The zero-order chi connectivity index (χ0) is 24.6. The molecule has 11 heteroatoms. The molecule has 9 nitrogen and oxygen atoms in total. The summed E-state index contributed by atoms with van der Waals surface area (Å²) in [5, 5.41) is 2.72. The summed E-state index contributed by atoms with van der Waals surface area (Å²) in [7, 11) is -7.04. The Kier molecular flexibility index (Phi) is 9.06. The van der Waals surface area contributed by atoms with E-state index in [2.05, 4.69) is 10.0 Å². The summed E-state index contributed by atoms with van der Waals surface area (Å²) in [5.41, 5.74) is 0.764. The van der Waals surface area contributed by atoms with Gasteiger partial charge in [-0.25, -0.2) is 21.6 Å². The van der Waals surface area contributed by atoms with Crippen molar-refractivity contribution in [1.82, 2.24) is 14.3 Å². The van der Waals surface area contributed by atoms with Crippen molar-refractivity contribution in [3.63, 3.8) is 0 Å². The molecule has 2 aromatic rings. The SMILES string of the molecule is CCCNS(=O)(=O)c1ccc(OCC(=O)NCc2ccc(S(=O)(=O)N3CCCCC3)cc2)cc1. The lowest BCUT2D eigenvalue weighted by Crippen LogP contribution is -2.35. The van der Waals surface area contributed by atoms with Crippen molar-refractivity contribution >= 4 is 26.0 Å². The van der Waals surface area contributed by atoms with Gasteiger partial charge in [0.15, 0.2) is 6.61 Å². The summed E-state index contributed by atoms with van der Waals surface area (Å²) in [6.07, 6.45) is 3.51. The number of amides is 1. The molecule has 0 bridgehead atoms. The second-order valence-corrected chi connectivity index (χ2v) is 11.7. The van der Waals surface area contributed by atoms with Crippen LogP contribution in [0.4, 0.5) is 0 Å². The predicted octanol–water partition coefficient (Wildman–Crippen LogP) is 2.24. The molecule has 0 spiro atoms. The van der Waals surface area contributed by atoms with E-state index in [1.54, 1.807) is 24.3 Å². The van der Waals surface area contributed by atoms with E-state index < -0.39 is 20.0 Å². The zero-order valence-corrected chi connectivity index (χ0v) is 20.8. The van der Waals surface area contributed by atoms with Gasteiger partial charge < -0.3 is 10.1 Å². The highest BCUT2D eigenvalue weighted by molar-refractivity contribution is 7.89. The highest BCUT2D eigenvalue weighted by atomic mass is 32.2. The molecule has 1 aliphatic heterocycles. The number of rotatable bonds is 11. The Labute approximate surface area is 201 Å². The molecule has 2 aromatic carbocycles. The van der Waals surface area contributed by atoms with Gasteiger partial charge in [0.2, 0.25) is 20.0 Å². The lowest BCUT2D eigenvalue weighted by atomic mass is 10.2. The van der Waals surface area contributed by atoms with E-state index >= 15 is 0 Å². The quantitative estimate of drug-likeness (QED) is 0.479. The molecule has 1 fully saturated rings. The van der Waals surface area contributed by atoms with Gasteiger partial charge in [0.25, 0.3) is 5.91 Å². The first-order chi connectivity index (χ1) is 16.2. The Morgan fingerprint density at radius 2 is 1.53 bits per heavy atom. The maximum atomic E-state index is 12.7. The van der Waals surface area contributed by atoms with Gasteiger partial charge >= 0.3 is 0 Å². The largest absolute Gasteiger partial charge is 0.484 e. The number of carbonyl (C=O) groups is 1. The van der Waals surface area contributed by atoms with Crippen LogP contribution in [0.25, 0.3) is 0 Å². The minimum Gasteiger partial charge on any atom is -0.484 e. The molecule has 0 radical (unpaired) electrons. The molecular weight excluding hydrogens is 478 g/mol. The van der Waals surface area contributed by atoms with Crippen molar-refractivity contribution in [2.45, 2.75) is 48.9 Å². The predicted molar refractivity (Wildman–Crippen MR) is 128 cm³/mol. The summed E-state index contributed by atoms with van der Waals surface area (Å²) in [5.74, 6) is 0.0168. The molecule has 0 aromatic heterocycles. The average Bonchev–Trinajstić information content (AvgIpc) is 2.86. The molecule has 3 rings (SSSR count). The summed E-state index contributed by atoms with van der Waals surface area (Å²) in [4.78, 5) is 12.5. The van der Waals surface area contributed by atoms with Crippen LogP contribution in [0.1, 0.15) is 38.2 Å². The first-order valence-corrected chi connectivity index (χ1v) is 14.2. The molecule has 0 aliphatic carbocycles. The smallest absolute Gasteiger partial charge is 0.258 e. The third kappa shape index (κ3) is 7.02. The van der Waals surface area contributed by atoms with Crippen LogP contribution in [0.2, 0.25) is 0 Å². The zero-order valence-electron chi connectivity index (χ0n) is 19.2. The van der Waals surface area contributed by atoms with Gasteiger partial charge in [-0.05, 0) is 61.2 Å². The second kappa shape index (κ2) is 11.8. The van der Waals surface area contributed by atoms with Gasteiger partial charge in [0.05, 0.1) is 9.79 Å². The number of ether oxygens (including phenoxy) is 1. The van der Waals surface area contributed by atoms with Crippen LogP contribution >= 0.6 is 0 Å². The number of nitrogens with one attached hydrogen (secondary N) is 2. The first-order valence-electron chi connectivity index (χ1n) is 11.3. The minimum absolute atomic E-state index is 0.128. The van der Waals surface area contributed by atoms with E-state index in [1.807, 2.05) is 6.92 Å². The first kappa shape index (κ1) is 26.1. The Morgan fingerprint density at radius 3 is 2.15 bits per heavy atom. The van der Waals surface area contributed by atoms with E-state index in [1.165, 1.54) is 28.6 Å². The number of carbonyl (C=O) groups excluding carboxylic acids is 1. The van der Waals surface area contributed by atoms with Crippen molar-refractivity contribution in [1.29, 1.82) is 0 Å². The van der Waals surface area contributed by atoms with E-state index in [-0.39, 0.29) is 28.8 Å². The van der Waals surface area contributed by atoms with Crippen molar-refractivity contribution in [3.8, 4) is 5.75 Å². The van der Waals surface area contributed by atoms with E-state index in [0.717, 1.165) is 24.8 Å². The minimum atomic E-state index is -3.55. The summed E-state index contributed by atoms with van der Waals surface area (Å²) >= 11 is 0. The van der Waals surface area contributed by atoms with Gasteiger partial charge in [-0.15, -0.1) is 0 Å². The Hall–Kier alpha value is -2.47. The normalized spacial score (nSPS) is 15.1. The molecule has 1 amide bonds. The van der Waals surface area contributed by atoms with E-state index in [9.17, 15) is 21.6 Å². The monoisotopic (exact) mass is 509 g/mol. The fourth-order valence-corrected chi connectivity index (χ4v) is 6.12. The maximum Gasteiger partial charge on any atom is 0.258 e. The lowest BCUT2D eigenvalue weighted by molar-refractivity contribution is -0.123. The summed E-state index contributed by atoms with van der Waals surface area (Å²) < 4.78 is 59.0. The fraction of sp³-hybridized carbons (Fsp3) is 0.435. The molecule has 0 saturated carbocycles. The average molecular weight is 510 g/mol. The maximum absolute atomic E-state index is 12.7. The molecule has 1 heterocycles. The van der Waals surface area contributed by atoms with Crippen molar-refractivity contribution in [2.75, 3.05) is 26.2 Å². The van der Waals surface area contributed by atoms with Crippen LogP contribution in [-0.2, 0) is 31.4 Å². The molecule has 0 atom stereocenters. The van der Waals surface area contributed by atoms with Gasteiger partial charge in [-0.2, -0.15) is 4.31 Å². The summed E-state index contributed by atoms with van der Waals surface area (Å²) in [6, 6.07) is 12.3. The Morgan fingerprint density at radius 1 is 0.912 bits per heavy atom. The lowest BCUT2D eigenvalue weighted by Gasteiger charge is -2.25. The topological polar surface area (TPSA) is 122 Å². The number of sulfonamides is 2. The van der Waals surface area contributed by atoms with Crippen LogP contribution in [0, 0.1) is 0 Å². The molecular formula is C23H31N3O6S2. The molecule has 2 N–H and O–H groups in total. The number of benzene rings is 2. The molecule has 186 valence electrons. The van der Waals surface area contributed by atoms with Gasteiger partial charge in [-0.3, -0.25) is 4.79 Å². The van der Waals surface area contributed by atoms with Crippen molar-refractivity contribution in [2.24, 2.45) is 0 Å². The van der Waals surface area contributed by atoms with Crippen LogP contribution < -0.4 is 14.8 Å². The van der Waals surface area contributed by atoms with Crippen LogP contribution in [0.3, 0.4) is 0 Å². The number of piperidine rings is 1. The second-order valence-electron chi connectivity index (χ2n) is 8.04. The Balaban J connectivity index is 1.47. The van der Waals surface area contributed by atoms with Gasteiger partial charge in [0.1, 0.15) is 5.75 Å². The van der Waals surface area contributed by atoms with E-state index in [4.69, 9.17) is 4.74 Å². The van der Waals surface area contributed by atoms with Gasteiger partial charge in [0, 0.05) is 26.2 Å².